The number of rotatable bonds is 4. The van der Waals surface area contributed by atoms with Gasteiger partial charge in [-0.15, -0.1) is 0 Å². The van der Waals surface area contributed by atoms with Crippen LogP contribution in [0.5, 0.6) is 0 Å². The third-order valence-electron chi connectivity index (χ3n) is 5.22. The fourth-order valence-electron chi connectivity index (χ4n) is 3.86. The van der Waals surface area contributed by atoms with E-state index in [1.165, 1.54) is 4.90 Å². The molecule has 8 nitrogen and oxygen atoms in total. The standard InChI is InChI=1S/C21H30N4O4/c1-21(2,3)29-20(28)25-13-5-7-17(25)19(27)24-12-4-6-16(24)18(26)23-14-15-8-10-22-11-9-15/h8-11,16-17H,4-7,12-14H2,1-3H3,(H,23,26)/t16-,17-/m0/s1. The van der Waals surface area contributed by atoms with Crippen LogP contribution in [-0.4, -0.2) is 63.5 Å². The zero-order valence-corrected chi connectivity index (χ0v) is 17.4. The third-order valence-corrected chi connectivity index (χ3v) is 5.22. The molecule has 2 aliphatic rings. The quantitative estimate of drug-likeness (QED) is 0.833. The number of aromatic nitrogens is 1. The minimum atomic E-state index is -0.615. The van der Waals surface area contributed by atoms with E-state index in [0.29, 0.717) is 32.5 Å². The van der Waals surface area contributed by atoms with E-state index in [4.69, 9.17) is 4.74 Å². The molecule has 3 amide bonds. The van der Waals surface area contributed by atoms with Gasteiger partial charge in [-0.25, -0.2) is 4.79 Å². The molecule has 0 aliphatic carbocycles. The molecule has 2 aliphatic heterocycles. The highest BCUT2D eigenvalue weighted by Crippen LogP contribution is 2.26. The maximum absolute atomic E-state index is 13.2. The van der Waals surface area contributed by atoms with Gasteiger partial charge in [-0.3, -0.25) is 19.5 Å². The molecule has 3 rings (SSSR count). The number of pyridine rings is 1. The lowest BCUT2D eigenvalue weighted by Gasteiger charge is -2.32. The fourth-order valence-corrected chi connectivity index (χ4v) is 3.86. The summed E-state index contributed by atoms with van der Waals surface area (Å²) in [5.74, 6) is -0.315. The van der Waals surface area contributed by atoms with Crippen molar-refractivity contribution < 1.29 is 19.1 Å². The van der Waals surface area contributed by atoms with Gasteiger partial charge < -0.3 is 15.0 Å². The van der Waals surface area contributed by atoms with Gasteiger partial charge in [0.05, 0.1) is 0 Å². The lowest BCUT2D eigenvalue weighted by Crippen LogP contribution is -2.53. The number of hydrogen-bond donors (Lipinski definition) is 1. The Kier molecular flexibility index (Phi) is 6.39. The summed E-state index contributed by atoms with van der Waals surface area (Å²) in [5.41, 5.74) is 0.340. The SMILES string of the molecule is CC(C)(C)OC(=O)N1CCC[C@H]1C(=O)N1CCC[C@H]1C(=O)NCc1ccncc1. The number of likely N-dealkylation sites (tertiary alicyclic amines) is 2. The zero-order chi connectivity index (χ0) is 21.0. The molecule has 2 fully saturated rings. The van der Waals surface area contributed by atoms with E-state index in [9.17, 15) is 14.4 Å². The van der Waals surface area contributed by atoms with E-state index in [1.807, 2.05) is 12.1 Å². The number of nitrogens with zero attached hydrogens (tertiary/aromatic N) is 3. The molecule has 1 aromatic rings. The Hall–Kier alpha value is -2.64. The normalized spacial score (nSPS) is 21.9. The van der Waals surface area contributed by atoms with Crippen LogP contribution in [0.15, 0.2) is 24.5 Å². The summed E-state index contributed by atoms with van der Waals surface area (Å²) in [6.45, 7) is 6.85. The summed E-state index contributed by atoms with van der Waals surface area (Å²) in [6.07, 6.45) is 5.65. The number of amides is 3. The molecule has 0 radical (unpaired) electrons. The molecular formula is C21H30N4O4. The van der Waals surface area contributed by atoms with E-state index in [1.54, 1.807) is 38.1 Å². The van der Waals surface area contributed by atoms with Crippen molar-refractivity contribution >= 4 is 17.9 Å². The van der Waals surface area contributed by atoms with Gasteiger partial charge in [0.2, 0.25) is 11.8 Å². The molecule has 0 saturated carbocycles. The Morgan fingerprint density at radius 3 is 2.34 bits per heavy atom. The largest absolute Gasteiger partial charge is 0.444 e. The summed E-state index contributed by atoms with van der Waals surface area (Å²) in [4.78, 5) is 45.6. The van der Waals surface area contributed by atoms with E-state index in [-0.39, 0.29) is 11.8 Å². The highest BCUT2D eigenvalue weighted by molar-refractivity contribution is 5.92. The van der Waals surface area contributed by atoms with Crippen molar-refractivity contribution in [3.8, 4) is 0 Å². The molecule has 0 aromatic carbocycles. The minimum Gasteiger partial charge on any atom is -0.444 e. The first-order valence-corrected chi connectivity index (χ1v) is 10.2. The van der Waals surface area contributed by atoms with E-state index in [2.05, 4.69) is 10.3 Å². The van der Waals surface area contributed by atoms with Crippen molar-refractivity contribution in [2.75, 3.05) is 13.1 Å². The molecule has 2 atom stereocenters. The summed E-state index contributed by atoms with van der Waals surface area (Å²) >= 11 is 0. The topological polar surface area (TPSA) is 91.8 Å². The van der Waals surface area contributed by atoms with Gasteiger partial charge in [0.1, 0.15) is 17.7 Å². The Morgan fingerprint density at radius 1 is 1.07 bits per heavy atom. The molecule has 1 aromatic heterocycles. The van der Waals surface area contributed by atoms with Crippen molar-refractivity contribution in [3.05, 3.63) is 30.1 Å². The van der Waals surface area contributed by atoms with Crippen LogP contribution in [-0.2, 0) is 20.9 Å². The first-order chi connectivity index (χ1) is 13.8. The van der Waals surface area contributed by atoms with Crippen LogP contribution in [0, 0.1) is 0 Å². The maximum Gasteiger partial charge on any atom is 0.410 e. The van der Waals surface area contributed by atoms with E-state index < -0.39 is 23.8 Å². The van der Waals surface area contributed by atoms with Crippen molar-refractivity contribution in [1.82, 2.24) is 20.1 Å². The van der Waals surface area contributed by atoms with Crippen LogP contribution in [0.3, 0.4) is 0 Å². The molecule has 0 spiro atoms. The van der Waals surface area contributed by atoms with Gasteiger partial charge >= 0.3 is 6.09 Å². The molecule has 8 heteroatoms. The number of hydrogen-bond acceptors (Lipinski definition) is 5. The Balaban J connectivity index is 1.62. The lowest BCUT2D eigenvalue weighted by molar-refractivity contribution is -0.141. The minimum absolute atomic E-state index is 0.157. The predicted octanol–water partition coefficient (Wildman–Crippen LogP) is 2.09. The predicted molar refractivity (Wildman–Crippen MR) is 107 cm³/mol. The maximum atomic E-state index is 13.2. The second-order valence-corrected chi connectivity index (χ2v) is 8.59. The van der Waals surface area contributed by atoms with Crippen LogP contribution in [0.25, 0.3) is 0 Å². The van der Waals surface area contributed by atoms with Crippen LogP contribution < -0.4 is 5.32 Å². The van der Waals surface area contributed by atoms with Crippen molar-refractivity contribution in [3.63, 3.8) is 0 Å². The molecule has 1 N–H and O–H groups in total. The number of nitrogens with one attached hydrogen (secondary N) is 1. The smallest absolute Gasteiger partial charge is 0.410 e. The Morgan fingerprint density at radius 2 is 1.69 bits per heavy atom. The van der Waals surface area contributed by atoms with E-state index in [0.717, 1.165) is 18.4 Å². The van der Waals surface area contributed by atoms with Gasteiger partial charge in [-0.05, 0) is 64.2 Å². The van der Waals surface area contributed by atoms with Gasteiger partial charge in [0.25, 0.3) is 0 Å². The first kappa shape index (κ1) is 21.1. The van der Waals surface area contributed by atoms with Crippen LogP contribution in [0.2, 0.25) is 0 Å². The van der Waals surface area contributed by atoms with Gasteiger partial charge in [-0.2, -0.15) is 0 Å². The average Bonchev–Trinajstić information content (AvgIpc) is 3.34. The summed E-state index contributed by atoms with van der Waals surface area (Å²) < 4.78 is 5.46. The van der Waals surface area contributed by atoms with Crippen LogP contribution in [0.4, 0.5) is 4.79 Å². The molecule has 158 valence electrons. The monoisotopic (exact) mass is 402 g/mol. The number of carbonyl (C=O) groups excluding carboxylic acids is 3. The van der Waals surface area contributed by atoms with Gasteiger partial charge in [-0.1, -0.05) is 0 Å². The van der Waals surface area contributed by atoms with Crippen molar-refractivity contribution in [1.29, 1.82) is 0 Å². The molecular weight excluding hydrogens is 372 g/mol. The third kappa shape index (κ3) is 5.25. The van der Waals surface area contributed by atoms with E-state index >= 15 is 0 Å². The molecule has 2 saturated heterocycles. The second kappa shape index (κ2) is 8.80. The number of ether oxygens (including phenoxy) is 1. The number of carbonyl (C=O) groups is 3. The summed E-state index contributed by atoms with van der Waals surface area (Å²) in [7, 11) is 0. The Bertz CT molecular complexity index is 747. The molecule has 0 bridgehead atoms. The Labute approximate surface area is 171 Å². The average molecular weight is 402 g/mol. The van der Waals surface area contributed by atoms with Crippen molar-refractivity contribution in [2.24, 2.45) is 0 Å². The molecule has 0 unspecified atom stereocenters. The van der Waals surface area contributed by atoms with Gasteiger partial charge in [0.15, 0.2) is 0 Å². The fraction of sp³-hybridized carbons (Fsp3) is 0.619. The molecule has 29 heavy (non-hydrogen) atoms. The first-order valence-electron chi connectivity index (χ1n) is 10.2. The highest BCUT2D eigenvalue weighted by Gasteiger charge is 2.43. The summed E-state index contributed by atoms with van der Waals surface area (Å²) in [6, 6.07) is 2.63. The zero-order valence-electron chi connectivity index (χ0n) is 17.4. The molecule has 3 heterocycles. The van der Waals surface area contributed by atoms with Crippen molar-refractivity contribution in [2.45, 2.75) is 70.7 Å². The lowest BCUT2D eigenvalue weighted by atomic mass is 10.1. The highest BCUT2D eigenvalue weighted by atomic mass is 16.6. The second-order valence-electron chi connectivity index (χ2n) is 8.59. The van der Waals surface area contributed by atoms with Crippen LogP contribution in [0.1, 0.15) is 52.0 Å². The van der Waals surface area contributed by atoms with Crippen LogP contribution >= 0.6 is 0 Å². The summed E-state index contributed by atoms with van der Waals surface area (Å²) in [5, 5.41) is 2.92. The van der Waals surface area contributed by atoms with Gasteiger partial charge in [0, 0.05) is 32.0 Å².